The Labute approximate surface area is 374 Å². The lowest BCUT2D eigenvalue weighted by atomic mass is 9.89. The highest BCUT2D eigenvalue weighted by atomic mass is 15.1. The van der Waals surface area contributed by atoms with Gasteiger partial charge in [-0.1, -0.05) is 181 Å². The molecule has 0 radical (unpaired) electrons. The lowest BCUT2D eigenvalue weighted by molar-refractivity contribution is 1.28. The van der Waals surface area contributed by atoms with Gasteiger partial charge in [0.15, 0.2) is 0 Å². The van der Waals surface area contributed by atoms with Crippen LogP contribution in [0.5, 0.6) is 0 Å². The van der Waals surface area contributed by atoms with Gasteiger partial charge in [0.2, 0.25) is 0 Å². The summed E-state index contributed by atoms with van der Waals surface area (Å²) < 4.78 is 334. The van der Waals surface area contributed by atoms with Gasteiger partial charge in [0.25, 0.3) is 0 Å². The average Bonchev–Trinajstić information content (AvgIpc) is 0.712. The highest BCUT2D eigenvalue weighted by molar-refractivity contribution is 6.08. The zero-order valence-corrected chi connectivity index (χ0v) is 27.4. The molecule has 0 spiro atoms. The van der Waals surface area contributed by atoms with E-state index in [2.05, 4.69) is 0 Å². The Balaban J connectivity index is 1.39. The van der Waals surface area contributed by atoms with E-state index in [1.165, 1.54) is 0 Å². The molecule has 10 aromatic carbocycles. The molecule has 0 bridgehead atoms. The molecule has 0 aliphatic rings. The monoisotopic (exact) mass is 737 g/mol. The summed E-state index contributed by atoms with van der Waals surface area (Å²) in [5, 5.41) is -4.14. The van der Waals surface area contributed by atoms with E-state index in [0.717, 1.165) is 0 Å². The van der Waals surface area contributed by atoms with Gasteiger partial charge in [-0.3, -0.25) is 0 Å². The minimum atomic E-state index is -1.45. The van der Waals surface area contributed by atoms with Crippen LogP contribution in [0.3, 0.4) is 0 Å². The fourth-order valence-corrected chi connectivity index (χ4v) is 5.59. The normalized spacial score (nSPS) is 20.7. The first-order valence-corrected chi connectivity index (χ1v) is 15.9. The van der Waals surface area contributed by atoms with Gasteiger partial charge >= 0.3 is 0 Å². The van der Waals surface area contributed by atoms with E-state index in [9.17, 15) is 21.9 Å². The number of rotatable bonds is 7. The molecule has 0 unspecified atom stereocenters. The molecule has 10 rings (SSSR count). The quantitative estimate of drug-likeness (QED) is 0.147. The molecule has 0 saturated heterocycles. The number of hydrogen-bond donors (Lipinski definition) is 0. The van der Waals surface area contributed by atoms with Gasteiger partial charge < -0.3 is 4.90 Å². The maximum atomic E-state index is 9.84. The van der Waals surface area contributed by atoms with Crippen LogP contribution in [0.1, 0.15) is 50.7 Å². The molecule has 0 fully saturated rings. The maximum absolute atomic E-state index is 9.84. The molecule has 0 aliphatic heterocycles. The van der Waals surface area contributed by atoms with Crippen molar-refractivity contribution in [1.82, 2.24) is 0 Å². The number of benzene rings is 10. The van der Waals surface area contributed by atoms with E-state index >= 15 is 0 Å². The molecule has 258 valence electrons. The zero-order chi connectivity index (χ0) is 68.8. The fraction of sp³-hybridized carbons (Fsp3) is 0. The van der Waals surface area contributed by atoms with Crippen LogP contribution in [0.15, 0.2) is 224 Å². The summed E-state index contributed by atoms with van der Waals surface area (Å²) in [4.78, 5) is 0.193. The predicted octanol–water partition coefficient (Wildman–Crippen LogP) is 15.3. The minimum Gasteiger partial charge on any atom is -0.311 e. The largest absolute Gasteiger partial charge is 0.311 e. The van der Waals surface area contributed by atoms with Crippen molar-refractivity contribution in [3.63, 3.8) is 0 Å². The number of anilines is 3. The van der Waals surface area contributed by atoms with Crippen molar-refractivity contribution in [3.8, 4) is 44.5 Å². The third kappa shape index (κ3) is 6.12. The Kier molecular flexibility index (Phi) is 3.02. The van der Waals surface area contributed by atoms with E-state index < -0.39 is 317 Å². The summed E-state index contributed by atoms with van der Waals surface area (Å²) in [5.41, 5.74) is -11.8. The van der Waals surface area contributed by atoms with E-state index in [-0.39, 0.29) is 4.90 Å². The van der Waals surface area contributed by atoms with Crippen molar-refractivity contribution in [2.75, 3.05) is 4.90 Å². The van der Waals surface area contributed by atoms with Gasteiger partial charge in [0.05, 0.1) is 50.7 Å². The second kappa shape index (κ2) is 14.0. The van der Waals surface area contributed by atoms with Crippen LogP contribution in [0.2, 0.25) is 0 Å². The van der Waals surface area contributed by atoms with Crippen molar-refractivity contribution in [2.45, 2.75) is 0 Å². The molecule has 0 aromatic heterocycles. The zero-order valence-electron chi connectivity index (χ0n) is 64.4. The van der Waals surface area contributed by atoms with Crippen LogP contribution in [-0.2, 0) is 0 Å². The molecule has 1 nitrogen and oxygen atoms in total. The van der Waals surface area contributed by atoms with E-state index in [0.29, 0.717) is 0 Å². The molecule has 1 heteroatoms. The Hall–Kier alpha value is -7.22. The minimum absolute atomic E-state index is 0.193. The Morgan fingerprint density at radius 3 is 1.33 bits per heavy atom. The summed E-state index contributed by atoms with van der Waals surface area (Å²) in [7, 11) is 0. The third-order valence-corrected chi connectivity index (χ3v) is 8.07. The van der Waals surface area contributed by atoms with E-state index in [1.54, 1.807) is 0 Å². The molecule has 10 aromatic rings. The van der Waals surface area contributed by atoms with Crippen LogP contribution >= 0.6 is 0 Å². The second-order valence-corrected chi connectivity index (χ2v) is 11.3. The summed E-state index contributed by atoms with van der Waals surface area (Å²) in [6.45, 7) is 0. The Bertz CT molecular complexity index is 4990. The number of hydrogen-bond acceptors (Lipinski definition) is 1. The van der Waals surface area contributed by atoms with Gasteiger partial charge in [-0.05, 0) is 119 Å². The number of fused-ring (bicyclic) bond motifs is 4. The molecule has 0 saturated carbocycles. The first-order valence-electron chi connectivity index (χ1n) is 34.4. The van der Waals surface area contributed by atoms with Gasteiger partial charge in [-0.15, -0.1) is 0 Å². The number of nitrogens with zero attached hydrogens (tertiary/aromatic N) is 1. The predicted molar refractivity (Wildman–Crippen MR) is 235 cm³/mol. The summed E-state index contributed by atoms with van der Waals surface area (Å²) in [6, 6.07) is -41.4. The maximum Gasteiger partial charge on any atom is 0.0645 e. The fourth-order valence-electron chi connectivity index (χ4n) is 5.59. The third-order valence-electron chi connectivity index (χ3n) is 8.07. The van der Waals surface area contributed by atoms with Crippen molar-refractivity contribution in [2.24, 2.45) is 0 Å². The first-order chi connectivity index (χ1) is 42.7. The Morgan fingerprint density at radius 2 is 0.691 bits per heavy atom. The average molecular weight is 737 g/mol. The van der Waals surface area contributed by atoms with Crippen molar-refractivity contribution in [3.05, 3.63) is 224 Å². The first kappa shape index (κ1) is 11.9. The van der Waals surface area contributed by atoms with Crippen LogP contribution < -0.4 is 4.90 Å². The second-order valence-electron chi connectivity index (χ2n) is 11.3. The van der Waals surface area contributed by atoms with Crippen molar-refractivity contribution >= 4 is 49.4 Å². The molecule has 0 heterocycles. The SMILES string of the molecule is [2H]c1c([2H])c([2H])c(-c2c([2H])c([2H])c(N(c3c([2H])c([2H])c(-c4c([2H])c([2H])c5c(c4[2H])c([2H])c([2H])c4c([2H])c([2H])c([2H])c([2H])c45)c([2H])c3[2H])c3c([2H])c([2H])c(-c4c(-c5c([2H])c([2H])c([2H])c([2H])c5[2H])c([2H])c([2H])c5c([2H])c([2H])c([2H])c([2H])c45)c([2H])c3[2H])c([2H])c2[2H])c([2H])c1[2H]. The van der Waals surface area contributed by atoms with Crippen LogP contribution in [0.4, 0.5) is 17.1 Å². The van der Waals surface area contributed by atoms with Gasteiger partial charge in [0, 0.05) is 17.1 Å². The smallest absolute Gasteiger partial charge is 0.0645 e. The van der Waals surface area contributed by atoms with E-state index in [4.69, 9.17) is 28.8 Å². The van der Waals surface area contributed by atoms with Gasteiger partial charge in [-0.2, -0.15) is 0 Å². The molecular weight excluding hydrogens is 663 g/mol. The molecule has 0 N–H and O–H groups in total. The van der Waals surface area contributed by atoms with Crippen LogP contribution in [0, 0.1) is 0 Å². The topological polar surface area (TPSA) is 3.24 Å². The standard InChI is InChI=1S/C54H37N/c1-3-11-38(12-4-1)39-21-29-47(30-22-39)55(48-31-23-40(24-32-48)45-28-35-51-46(37-45)20-19-42-15-7-9-17-50(42)51)49-33-25-44(26-34-49)54-52-18-10-8-16-43(52)27-36-53(54)41-13-5-2-6-14-41/h1-37H/i1D,2D,3D,4D,5D,6D,7D,8D,9D,10D,11D,12D,13D,14D,15D,16D,17D,18D,19D,20D,21D,22D,23D,24D,25D,26D,27D,28D,29D,30D,31D,32D,33D,34D,35D,36D,37D. The lowest BCUT2D eigenvalue weighted by Crippen LogP contribution is -2.09. The van der Waals surface area contributed by atoms with Crippen LogP contribution in [0.25, 0.3) is 76.8 Å². The molecular formula is C54H37N. The lowest BCUT2D eigenvalue weighted by Gasteiger charge is -2.26. The molecule has 0 atom stereocenters. The van der Waals surface area contributed by atoms with Gasteiger partial charge in [0.1, 0.15) is 0 Å². The Morgan fingerprint density at radius 1 is 0.273 bits per heavy atom. The summed E-state index contributed by atoms with van der Waals surface area (Å²) in [6.07, 6.45) is 0. The molecule has 0 amide bonds. The molecule has 55 heavy (non-hydrogen) atoms. The van der Waals surface area contributed by atoms with E-state index in [1.807, 2.05) is 0 Å². The van der Waals surface area contributed by atoms with Crippen LogP contribution in [-0.4, -0.2) is 0 Å². The summed E-state index contributed by atoms with van der Waals surface area (Å²) >= 11 is 0. The van der Waals surface area contributed by atoms with Gasteiger partial charge in [-0.25, -0.2) is 0 Å². The highest BCUT2D eigenvalue weighted by Gasteiger charge is 2.16. The molecule has 0 aliphatic carbocycles. The highest BCUT2D eigenvalue weighted by Crippen LogP contribution is 2.42. The van der Waals surface area contributed by atoms with Crippen molar-refractivity contribution in [1.29, 1.82) is 0 Å². The van der Waals surface area contributed by atoms with Crippen molar-refractivity contribution < 1.29 is 50.7 Å². The summed E-state index contributed by atoms with van der Waals surface area (Å²) in [5.74, 6) is 0.